The number of rotatable bonds is 3. The maximum Gasteiger partial charge on any atom is 0.159 e. The fourth-order valence-corrected chi connectivity index (χ4v) is 3.24. The molecule has 2 heterocycles. The minimum Gasteiger partial charge on any atom is -0.378 e. The first-order valence-electron chi connectivity index (χ1n) is 7.65. The molecule has 0 bridgehead atoms. The second kappa shape index (κ2) is 7.10. The molecule has 1 aromatic heterocycles. The van der Waals surface area contributed by atoms with Gasteiger partial charge in [-0.25, -0.2) is 13.8 Å². The summed E-state index contributed by atoms with van der Waals surface area (Å²) >= 11 is 1.26. The summed E-state index contributed by atoms with van der Waals surface area (Å²) in [6.45, 7) is 1.74. The number of benzene rings is 1. The Morgan fingerprint density at radius 1 is 1.35 bits per heavy atom. The van der Waals surface area contributed by atoms with Crippen molar-refractivity contribution in [2.45, 2.75) is 12.5 Å². The van der Waals surface area contributed by atoms with Crippen LogP contribution in [0.2, 0.25) is 0 Å². The topological polar surface area (TPSA) is 75.1 Å². The Morgan fingerprint density at radius 2 is 2.15 bits per heavy atom. The average molecular weight is 368 g/mol. The number of thioether (sulfide) groups is 1. The van der Waals surface area contributed by atoms with E-state index >= 15 is 0 Å². The zero-order chi connectivity index (χ0) is 18.7. The summed E-state index contributed by atoms with van der Waals surface area (Å²) in [5, 5.41) is 10.9. The Morgan fingerprint density at radius 3 is 2.81 bits per heavy atom. The molecule has 0 fully saturated rings. The van der Waals surface area contributed by atoms with E-state index in [0.717, 1.165) is 0 Å². The predicted octanol–water partition coefficient (Wildman–Crippen LogP) is 4.35. The van der Waals surface area contributed by atoms with Gasteiger partial charge in [-0.15, -0.1) is 0 Å². The van der Waals surface area contributed by atoms with Crippen LogP contribution in [0.25, 0.3) is 11.9 Å². The molecule has 2 N–H and O–H groups in total. The number of hydrogen-bond donors (Lipinski definition) is 1. The van der Waals surface area contributed by atoms with Crippen LogP contribution in [0.3, 0.4) is 0 Å². The van der Waals surface area contributed by atoms with Crippen LogP contribution < -0.4 is 5.73 Å². The van der Waals surface area contributed by atoms with Crippen LogP contribution in [-0.2, 0) is 5.54 Å². The van der Waals surface area contributed by atoms with Crippen molar-refractivity contribution in [3.8, 4) is 6.07 Å². The molecular formula is C19H14F2N4S. The molecule has 3 rings (SSSR count). The number of amidine groups is 1. The Balaban J connectivity index is 1.98. The van der Waals surface area contributed by atoms with E-state index in [1.807, 2.05) is 6.07 Å². The molecule has 7 heteroatoms. The molecule has 0 aliphatic carbocycles. The highest BCUT2D eigenvalue weighted by Crippen LogP contribution is 2.35. The summed E-state index contributed by atoms with van der Waals surface area (Å²) in [5.41, 5.74) is 6.00. The Labute approximate surface area is 153 Å². The third kappa shape index (κ3) is 3.65. The lowest BCUT2D eigenvalue weighted by Gasteiger charge is -2.25. The largest absolute Gasteiger partial charge is 0.378 e. The lowest BCUT2D eigenvalue weighted by atomic mass is 9.90. The van der Waals surface area contributed by atoms with Crippen molar-refractivity contribution >= 4 is 28.8 Å². The molecule has 130 valence electrons. The lowest BCUT2D eigenvalue weighted by Crippen LogP contribution is -2.24. The summed E-state index contributed by atoms with van der Waals surface area (Å²) in [4.78, 5) is 8.22. The van der Waals surface area contributed by atoms with Crippen molar-refractivity contribution in [1.82, 2.24) is 4.98 Å². The molecule has 0 saturated heterocycles. The number of pyridine rings is 1. The van der Waals surface area contributed by atoms with E-state index in [0.29, 0.717) is 21.9 Å². The van der Waals surface area contributed by atoms with Gasteiger partial charge in [0.1, 0.15) is 23.3 Å². The van der Waals surface area contributed by atoms with Crippen molar-refractivity contribution in [3.05, 3.63) is 76.2 Å². The van der Waals surface area contributed by atoms with Crippen LogP contribution in [0.1, 0.15) is 29.3 Å². The Kier molecular flexibility index (Phi) is 4.87. The average Bonchev–Trinajstić information content (AvgIpc) is 2.63. The van der Waals surface area contributed by atoms with E-state index in [1.54, 1.807) is 18.4 Å². The SMILES string of the molecule is C[C@@]1(c2cc(/C=C(\F)c3ccc(C#N)cn3)ccc2F)C=CSC(N)=N1. The summed E-state index contributed by atoms with van der Waals surface area (Å²) in [7, 11) is 0. The van der Waals surface area contributed by atoms with Crippen LogP contribution in [0.4, 0.5) is 8.78 Å². The standard InChI is InChI=1S/C19H14F2N4S/c1-19(6-7-26-18(23)25-19)14-8-12(2-4-15(14)20)9-16(21)17-5-3-13(10-22)11-24-17/h2-9,11H,1H3,(H2,23,25)/b16-9-/t19-/m0/s1. The van der Waals surface area contributed by atoms with E-state index in [4.69, 9.17) is 11.0 Å². The number of aromatic nitrogens is 1. The molecule has 1 aliphatic rings. The van der Waals surface area contributed by atoms with Gasteiger partial charge in [-0.3, -0.25) is 4.98 Å². The highest BCUT2D eigenvalue weighted by molar-refractivity contribution is 8.16. The second-order valence-corrected chi connectivity index (χ2v) is 6.72. The highest BCUT2D eigenvalue weighted by Gasteiger charge is 2.28. The van der Waals surface area contributed by atoms with Gasteiger partial charge >= 0.3 is 0 Å². The van der Waals surface area contributed by atoms with Crippen LogP contribution in [0.5, 0.6) is 0 Å². The molecule has 0 radical (unpaired) electrons. The molecule has 1 aromatic carbocycles. The first-order valence-corrected chi connectivity index (χ1v) is 8.53. The maximum absolute atomic E-state index is 14.4. The number of nitrogens with two attached hydrogens (primary N) is 1. The van der Waals surface area contributed by atoms with Crippen molar-refractivity contribution in [1.29, 1.82) is 5.26 Å². The fraction of sp³-hybridized carbons (Fsp3) is 0.105. The van der Waals surface area contributed by atoms with Crippen molar-refractivity contribution < 1.29 is 8.78 Å². The summed E-state index contributed by atoms with van der Waals surface area (Å²) in [6.07, 6.45) is 4.30. The normalized spacial score (nSPS) is 19.8. The Bertz CT molecular complexity index is 974. The van der Waals surface area contributed by atoms with E-state index in [9.17, 15) is 8.78 Å². The first-order chi connectivity index (χ1) is 12.4. The van der Waals surface area contributed by atoms with Crippen molar-refractivity contribution in [3.63, 3.8) is 0 Å². The molecule has 1 aliphatic heterocycles. The third-order valence-corrected chi connectivity index (χ3v) is 4.50. The molecule has 0 amide bonds. The smallest absolute Gasteiger partial charge is 0.159 e. The van der Waals surface area contributed by atoms with Gasteiger partial charge in [0, 0.05) is 11.8 Å². The number of hydrogen-bond acceptors (Lipinski definition) is 5. The first kappa shape index (κ1) is 17.8. The number of nitrogens with zero attached hydrogens (tertiary/aromatic N) is 3. The number of halogens is 2. The zero-order valence-corrected chi connectivity index (χ0v) is 14.6. The highest BCUT2D eigenvalue weighted by atomic mass is 32.2. The fourth-order valence-electron chi connectivity index (χ4n) is 2.52. The van der Waals surface area contributed by atoms with Gasteiger partial charge < -0.3 is 5.73 Å². The zero-order valence-electron chi connectivity index (χ0n) is 13.8. The van der Waals surface area contributed by atoms with Crippen LogP contribution in [0, 0.1) is 17.1 Å². The summed E-state index contributed by atoms with van der Waals surface area (Å²) in [5.74, 6) is -1.04. The van der Waals surface area contributed by atoms with E-state index in [1.165, 1.54) is 54.4 Å². The molecule has 1 atom stereocenters. The quantitative estimate of drug-likeness (QED) is 0.874. The van der Waals surface area contributed by atoms with Gasteiger partial charge in [-0.2, -0.15) is 5.26 Å². The minimum absolute atomic E-state index is 0.0947. The maximum atomic E-state index is 14.4. The van der Waals surface area contributed by atoms with Gasteiger partial charge in [0.2, 0.25) is 0 Å². The molecule has 26 heavy (non-hydrogen) atoms. The third-order valence-electron chi connectivity index (χ3n) is 3.89. The van der Waals surface area contributed by atoms with Gasteiger partial charge in [0.15, 0.2) is 5.17 Å². The Hall–Kier alpha value is -2.98. The second-order valence-electron chi connectivity index (χ2n) is 5.79. The van der Waals surface area contributed by atoms with E-state index in [2.05, 4.69) is 9.98 Å². The predicted molar refractivity (Wildman–Crippen MR) is 100 cm³/mol. The molecule has 0 saturated carbocycles. The lowest BCUT2D eigenvalue weighted by molar-refractivity contribution is 0.545. The molecular weight excluding hydrogens is 354 g/mol. The van der Waals surface area contributed by atoms with E-state index < -0.39 is 17.2 Å². The minimum atomic E-state index is -0.952. The van der Waals surface area contributed by atoms with Crippen molar-refractivity contribution in [2.75, 3.05) is 0 Å². The summed E-state index contributed by atoms with van der Waals surface area (Å²) in [6, 6.07) is 9.10. The van der Waals surface area contributed by atoms with Gasteiger partial charge in [0.05, 0.1) is 11.3 Å². The number of aliphatic imine (C=N–C) groups is 1. The van der Waals surface area contributed by atoms with Gasteiger partial charge in [-0.05, 0) is 54.3 Å². The molecule has 2 aromatic rings. The van der Waals surface area contributed by atoms with Crippen molar-refractivity contribution in [2.24, 2.45) is 10.7 Å². The van der Waals surface area contributed by atoms with Crippen LogP contribution >= 0.6 is 11.8 Å². The molecule has 4 nitrogen and oxygen atoms in total. The van der Waals surface area contributed by atoms with Gasteiger partial charge in [0.25, 0.3) is 0 Å². The molecule has 0 spiro atoms. The van der Waals surface area contributed by atoms with Crippen LogP contribution in [0.15, 0.2) is 53.0 Å². The molecule has 0 unspecified atom stereocenters. The summed E-state index contributed by atoms with van der Waals surface area (Å²) < 4.78 is 28.8. The monoisotopic (exact) mass is 368 g/mol. The number of nitriles is 1. The van der Waals surface area contributed by atoms with Crippen LogP contribution in [-0.4, -0.2) is 10.2 Å². The van der Waals surface area contributed by atoms with Gasteiger partial charge in [-0.1, -0.05) is 17.8 Å². The van der Waals surface area contributed by atoms with E-state index in [-0.39, 0.29) is 5.69 Å².